The van der Waals surface area contributed by atoms with Crippen molar-refractivity contribution in [2.24, 2.45) is 0 Å². The number of ether oxygens (including phenoxy) is 1. The smallest absolute Gasteiger partial charge is 0.254 e. The third-order valence-corrected chi connectivity index (χ3v) is 6.19. The maximum Gasteiger partial charge on any atom is 0.254 e. The van der Waals surface area contributed by atoms with Crippen LogP contribution in [0.2, 0.25) is 0 Å². The fourth-order valence-corrected chi connectivity index (χ4v) is 4.88. The Morgan fingerprint density at radius 3 is 2.62 bits per heavy atom. The van der Waals surface area contributed by atoms with Crippen molar-refractivity contribution in [3.63, 3.8) is 0 Å². The lowest BCUT2D eigenvalue weighted by atomic mass is 10.1. The van der Waals surface area contributed by atoms with Crippen molar-refractivity contribution in [3.05, 3.63) is 48.0 Å². The first-order chi connectivity index (χ1) is 11.5. The Morgan fingerprint density at radius 1 is 1.21 bits per heavy atom. The Kier molecular flexibility index (Phi) is 4.87. The highest BCUT2D eigenvalue weighted by molar-refractivity contribution is 7.91. The second-order valence-electron chi connectivity index (χ2n) is 6.11. The van der Waals surface area contributed by atoms with Gasteiger partial charge in [0.15, 0.2) is 9.84 Å². The summed E-state index contributed by atoms with van der Waals surface area (Å²) in [5.74, 6) is 0.0437. The lowest BCUT2D eigenvalue weighted by Gasteiger charge is -2.28. The number of methoxy groups -OCH3 is 1. The third kappa shape index (κ3) is 3.60. The highest BCUT2D eigenvalue weighted by Crippen LogP contribution is 2.22. The first-order valence-corrected chi connectivity index (χ1v) is 9.81. The van der Waals surface area contributed by atoms with E-state index in [1.807, 2.05) is 36.4 Å². The number of carbonyl (C=O) groups excluding carboxylic acids is 1. The van der Waals surface area contributed by atoms with Crippen molar-refractivity contribution in [2.45, 2.75) is 12.5 Å². The molecule has 0 aromatic heterocycles. The van der Waals surface area contributed by atoms with Gasteiger partial charge in [-0.1, -0.05) is 30.3 Å². The summed E-state index contributed by atoms with van der Waals surface area (Å²) in [6.07, 6.45) is 0.491. The Bertz CT molecular complexity index is 847. The molecule has 1 atom stereocenters. The van der Waals surface area contributed by atoms with E-state index >= 15 is 0 Å². The van der Waals surface area contributed by atoms with Crippen LogP contribution in [0.4, 0.5) is 0 Å². The summed E-state index contributed by atoms with van der Waals surface area (Å²) < 4.78 is 28.7. The molecule has 0 N–H and O–H groups in total. The normalized spacial score (nSPS) is 19.5. The van der Waals surface area contributed by atoms with E-state index in [2.05, 4.69) is 0 Å². The van der Waals surface area contributed by atoms with Crippen molar-refractivity contribution >= 4 is 26.5 Å². The van der Waals surface area contributed by atoms with Crippen molar-refractivity contribution in [2.75, 3.05) is 31.8 Å². The highest BCUT2D eigenvalue weighted by Gasteiger charge is 2.34. The minimum Gasteiger partial charge on any atom is -0.383 e. The summed E-state index contributed by atoms with van der Waals surface area (Å²) >= 11 is 0. The van der Waals surface area contributed by atoms with Gasteiger partial charge in [0.2, 0.25) is 0 Å². The number of amides is 1. The van der Waals surface area contributed by atoms with E-state index in [4.69, 9.17) is 4.74 Å². The molecule has 0 spiro atoms. The van der Waals surface area contributed by atoms with Crippen molar-refractivity contribution < 1.29 is 17.9 Å². The van der Waals surface area contributed by atoms with Crippen LogP contribution in [0.15, 0.2) is 42.5 Å². The van der Waals surface area contributed by atoms with E-state index < -0.39 is 9.84 Å². The molecule has 1 aliphatic heterocycles. The molecule has 0 saturated carbocycles. The number of rotatable bonds is 5. The van der Waals surface area contributed by atoms with E-state index in [1.165, 1.54) is 0 Å². The van der Waals surface area contributed by atoms with Gasteiger partial charge in [-0.15, -0.1) is 0 Å². The first-order valence-electron chi connectivity index (χ1n) is 7.99. The molecule has 3 rings (SSSR count). The molecule has 0 radical (unpaired) electrons. The molecule has 5 nitrogen and oxygen atoms in total. The summed E-state index contributed by atoms with van der Waals surface area (Å²) in [5.41, 5.74) is 0.578. The van der Waals surface area contributed by atoms with Crippen molar-refractivity contribution in [1.29, 1.82) is 0 Å². The largest absolute Gasteiger partial charge is 0.383 e. The van der Waals surface area contributed by atoms with Gasteiger partial charge in [0.25, 0.3) is 5.91 Å². The SMILES string of the molecule is COCCN(C(=O)c1ccc2ccccc2c1)C1CCS(=O)(=O)C1. The predicted octanol–water partition coefficient (Wildman–Crippen LogP) is 2.12. The van der Waals surface area contributed by atoms with E-state index in [0.717, 1.165) is 10.8 Å². The molecule has 6 heteroatoms. The van der Waals surface area contributed by atoms with Crippen LogP contribution in [-0.4, -0.2) is 57.0 Å². The number of fused-ring (bicyclic) bond motifs is 1. The second-order valence-corrected chi connectivity index (χ2v) is 8.34. The van der Waals surface area contributed by atoms with Crippen LogP contribution >= 0.6 is 0 Å². The average molecular weight is 347 g/mol. The lowest BCUT2D eigenvalue weighted by Crippen LogP contribution is -2.43. The second kappa shape index (κ2) is 6.91. The number of hydrogen-bond donors (Lipinski definition) is 0. The topological polar surface area (TPSA) is 63.7 Å². The summed E-state index contributed by atoms with van der Waals surface area (Å²) in [6.45, 7) is 0.776. The summed E-state index contributed by atoms with van der Waals surface area (Å²) in [7, 11) is -1.48. The van der Waals surface area contributed by atoms with E-state index in [1.54, 1.807) is 18.1 Å². The Labute approximate surface area is 142 Å². The van der Waals surface area contributed by atoms with Crippen LogP contribution in [0.5, 0.6) is 0 Å². The molecule has 1 aliphatic rings. The maximum absolute atomic E-state index is 13.0. The molecule has 0 aliphatic carbocycles. The number of benzene rings is 2. The van der Waals surface area contributed by atoms with Crippen molar-refractivity contribution in [3.8, 4) is 0 Å². The summed E-state index contributed by atoms with van der Waals surface area (Å²) in [5, 5.41) is 2.06. The zero-order valence-electron chi connectivity index (χ0n) is 13.6. The minimum absolute atomic E-state index is 0.0377. The fourth-order valence-electron chi connectivity index (χ4n) is 3.15. The molecule has 1 saturated heterocycles. The van der Waals surface area contributed by atoms with E-state index in [-0.39, 0.29) is 23.5 Å². The number of sulfone groups is 1. The standard InChI is InChI=1S/C18H21NO4S/c1-23-10-9-19(17-8-11-24(21,22)13-17)18(20)16-7-6-14-4-2-3-5-15(14)12-16/h2-7,12,17H,8-11,13H2,1H3. The molecule has 128 valence electrons. The van der Waals surface area contributed by atoms with E-state index in [9.17, 15) is 13.2 Å². The van der Waals surface area contributed by atoms with Gasteiger partial charge in [0, 0.05) is 25.3 Å². The van der Waals surface area contributed by atoms with Crippen molar-refractivity contribution in [1.82, 2.24) is 4.90 Å². The van der Waals surface area contributed by atoms with Gasteiger partial charge in [-0.3, -0.25) is 4.79 Å². The molecule has 1 amide bonds. The van der Waals surface area contributed by atoms with Gasteiger partial charge in [-0.2, -0.15) is 0 Å². The molecule has 0 bridgehead atoms. The monoisotopic (exact) mass is 347 g/mol. The highest BCUT2D eigenvalue weighted by atomic mass is 32.2. The van der Waals surface area contributed by atoms with Crippen LogP contribution in [-0.2, 0) is 14.6 Å². The molecule has 1 unspecified atom stereocenters. The quantitative estimate of drug-likeness (QED) is 0.831. The van der Waals surface area contributed by atoms with Crippen LogP contribution in [0.1, 0.15) is 16.8 Å². The summed E-state index contributed by atoms with van der Waals surface area (Å²) in [4.78, 5) is 14.6. The average Bonchev–Trinajstić information content (AvgIpc) is 2.94. The molecule has 2 aromatic rings. The minimum atomic E-state index is -3.05. The van der Waals surface area contributed by atoms with Gasteiger partial charge in [0.1, 0.15) is 0 Å². The maximum atomic E-state index is 13.0. The van der Waals surface area contributed by atoms with Gasteiger partial charge in [0.05, 0.1) is 18.1 Å². The van der Waals surface area contributed by atoms with Gasteiger partial charge in [-0.25, -0.2) is 8.42 Å². The van der Waals surface area contributed by atoms with Gasteiger partial charge >= 0.3 is 0 Å². The molecule has 1 fully saturated rings. The zero-order chi connectivity index (χ0) is 17.2. The molecular weight excluding hydrogens is 326 g/mol. The predicted molar refractivity (Wildman–Crippen MR) is 93.9 cm³/mol. The lowest BCUT2D eigenvalue weighted by molar-refractivity contribution is 0.0624. The Morgan fingerprint density at radius 2 is 1.96 bits per heavy atom. The summed E-state index contributed by atoms with van der Waals surface area (Å²) in [6, 6.07) is 13.2. The molecular formula is C18H21NO4S. The number of hydrogen-bond acceptors (Lipinski definition) is 4. The van der Waals surface area contributed by atoms with E-state index in [0.29, 0.717) is 25.1 Å². The van der Waals surface area contributed by atoms with Crippen LogP contribution in [0.3, 0.4) is 0 Å². The first kappa shape index (κ1) is 16.9. The van der Waals surface area contributed by atoms with Crippen LogP contribution in [0, 0.1) is 0 Å². The van der Waals surface area contributed by atoms with Gasteiger partial charge < -0.3 is 9.64 Å². The molecule has 24 heavy (non-hydrogen) atoms. The Hall–Kier alpha value is -1.92. The third-order valence-electron chi connectivity index (χ3n) is 4.44. The Balaban J connectivity index is 1.89. The van der Waals surface area contributed by atoms with Crippen LogP contribution in [0.25, 0.3) is 10.8 Å². The van der Waals surface area contributed by atoms with Gasteiger partial charge in [-0.05, 0) is 29.3 Å². The fraction of sp³-hybridized carbons (Fsp3) is 0.389. The molecule has 1 heterocycles. The number of carbonyl (C=O) groups is 1. The number of nitrogens with zero attached hydrogens (tertiary/aromatic N) is 1. The molecule has 2 aromatic carbocycles. The zero-order valence-corrected chi connectivity index (χ0v) is 14.5. The van der Waals surface area contributed by atoms with Crippen LogP contribution < -0.4 is 0 Å².